The van der Waals surface area contributed by atoms with E-state index in [-0.39, 0.29) is 0 Å². The Hall–Kier alpha value is -0.710. The molecular formula is C13H15BrN2S. The molecule has 0 radical (unpaired) electrons. The van der Waals surface area contributed by atoms with Gasteiger partial charge in [-0.25, -0.2) is 4.98 Å². The maximum atomic E-state index is 5.60. The predicted molar refractivity (Wildman–Crippen MR) is 77.1 cm³/mol. The predicted octanol–water partition coefficient (Wildman–Crippen LogP) is 3.98. The first-order valence-electron chi connectivity index (χ1n) is 5.69. The summed E-state index contributed by atoms with van der Waals surface area (Å²) in [4.78, 5) is 4.52. The van der Waals surface area contributed by atoms with E-state index in [2.05, 4.69) is 52.1 Å². The average molecular weight is 311 g/mol. The van der Waals surface area contributed by atoms with Gasteiger partial charge in [0.2, 0.25) is 0 Å². The zero-order chi connectivity index (χ0) is 12.3. The monoisotopic (exact) mass is 310 g/mol. The molecule has 1 aromatic heterocycles. The van der Waals surface area contributed by atoms with Crippen molar-refractivity contribution in [1.29, 1.82) is 0 Å². The normalized spacial score (nSPS) is 10.8. The highest BCUT2D eigenvalue weighted by molar-refractivity contribution is 9.11. The van der Waals surface area contributed by atoms with Crippen molar-refractivity contribution >= 4 is 27.3 Å². The quantitative estimate of drug-likeness (QED) is 0.927. The lowest BCUT2D eigenvalue weighted by molar-refractivity contribution is 0.922. The van der Waals surface area contributed by atoms with E-state index >= 15 is 0 Å². The van der Waals surface area contributed by atoms with Crippen molar-refractivity contribution in [3.05, 3.63) is 38.6 Å². The molecule has 0 bridgehead atoms. The standard InChI is InChI=1S/C13H15BrN2S/c1-2-3-9-4-6-10(7-5-9)12-13(14)17-11(8-15)16-12/h4-7H,2-3,8,15H2,1H3. The summed E-state index contributed by atoms with van der Waals surface area (Å²) in [5, 5.41) is 0.963. The molecule has 0 atom stereocenters. The first-order valence-corrected chi connectivity index (χ1v) is 7.30. The fourth-order valence-electron chi connectivity index (χ4n) is 1.73. The van der Waals surface area contributed by atoms with Crippen LogP contribution in [0.3, 0.4) is 0 Å². The summed E-state index contributed by atoms with van der Waals surface area (Å²) in [6, 6.07) is 8.61. The lowest BCUT2D eigenvalue weighted by Gasteiger charge is -2.01. The zero-order valence-electron chi connectivity index (χ0n) is 9.74. The topological polar surface area (TPSA) is 38.9 Å². The van der Waals surface area contributed by atoms with Crippen LogP contribution in [0.5, 0.6) is 0 Å². The van der Waals surface area contributed by atoms with Crippen LogP contribution in [0.15, 0.2) is 28.1 Å². The molecule has 0 saturated heterocycles. The second kappa shape index (κ2) is 5.76. The van der Waals surface area contributed by atoms with Crippen LogP contribution < -0.4 is 5.73 Å². The average Bonchev–Trinajstić information content (AvgIpc) is 2.72. The second-order valence-electron chi connectivity index (χ2n) is 3.88. The van der Waals surface area contributed by atoms with Crippen molar-refractivity contribution in [2.24, 2.45) is 5.73 Å². The molecule has 1 aromatic carbocycles. The summed E-state index contributed by atoms with van der Waals surface area (Å²) in [5.41, 5.74) is 9.12. The SMILES string of the molecule is CCCc1ccc(-c2nc(CN)sc2Br)cc1. The highest BCUT2D eigenvalue weighted by atomic mass is 79.9. The van der Waals surface area contributed by atoms with Crippen LogP contribution >= 0.6 is 27.3 Å². The number of thiazole rings is 1. The van der Waals surface area contributed by atoms with Crippen LogP contribution in [0.2, 0.25) is 0 Å². The van der Waals surface area contributed by atoms with Crippen LogP contribution in [0.25, 0.3) is 11.3 Å². The minimum Gasteiger partial charge on any atom is -0.325 e. The molecule has 2 nitrogen and oxygen atoms in total. The number of aromatic nitrogens is 1. The van der Waals surface area contributed by atoms with E-state index < -0.39 is 0 Å². The summed E-state index contributed by atoms with van der Waals surface area (Å²) in [7, 11) is 0. The Bertz CT molecular complexity index is 491. The maximum Gasteiger partial charge on any atom is 0.108 e. The second-order valence-corrected chi connectivity index (χ2v) is 6.28. The minimum absolute atomic E-state index is 0.497. The Morgan fingerprint density at radius 3 is 2.53 bits per heavy atom. The molecule has 2 N–H and O–H groups in total. The number of hydrogen-bond donors (Lipinski definition) is 1. The summed E-state index contributed by atoms with van der Waals surface area (Å²) in [5.74, 6) is 0. The van der Waals surface area contributed by atoms with Gasteiger partial charge in [0.05, 0.1) is 9.48 Å². The number of halogens is 1. The summed E-state index contributed by atoms with van der Waals surface area (Å²) < 4.78 is 1.06. The van der Waals surface area contributed by atoms with Gasteiger partial charge < -0.3 is 5.73 Å². The molecular weight excluding hydrogens is 296 g/mol. The van der Waals surface area contributed by atoms with E-state index in [1.54, 1.807) is 11.3 Å². The lowest BCUT2D eigenvalue weighted by atomic mass is 10.1. The largest absolute Gasteiger partial charge is 0.325 e. The number of benzene rings is 1. The van der Waals surface area contributed by atoms with Crippen LogP contribution in [0, 0.1) is 0 Å². The lowest BCUT2D eigenvalue weighted by Crippen LogP contribution is -1.94. The number of rotatable bonds is 4. The number of aryl methyl sites for hydroxylation is 1. The fourth-order valence-corrected chi connectivity index (χ4v) is 3.29. The van der Waals surface area contributed by atoms with E-state index in [4.69, 9.17) is 5.73 Å². The number of hydrogen-bond acceptors (Lipinski definition) is 3. The van der Waals surface area contributed by atoms with Crippen molar-refractivity contribution in [1.82, 2.24) is 4.98 Å². The van der Waals surface area contributed by atoms with E-state index in [1.165, 1.54) is 12.0 Å². The van der Waals surface area contributed by atoms with Gasteiger partial charge in [-0.3, -0.25) is 0 Å². The third-order valence-electron chi connectivity index (χ3n) is 2.57. The van der Waals surface area contributed by atoms with E-state index in [0.717, 1.165) is 26.5 Å². The van der Waals surface area contributed by atoms with Gasteiger partial charge in [-0.05, 0) is 27.9 Å². The third kappa shape index (κ3) is 2.94. The van der Waals surface area contributed by atoms with Crippen LogP contribution in [0.1, 0.15) is 23.9 Å². The van der Waals surface area contributed by atoms with E-state index in [1.807, 2.05) is 0 Å². The summed E-state index contributed by atoms with van der Waals surface area (Å²) >= 11 is 5.15. The first kappa shape index (κ1) is 12.7. The molecule has 0 spiro atoms. The summed E-state index contributed by atoms with van der Waals surface area (Å²) in [6.45, 7) is 2.69. The molecule has 0 amide bonds. The van der Waals surface area contributed by atoms with Gasteiger partial charge in [-0.15, -0.1) is 11.3 Å². The summed E-state index contributed by atoms with van der Waals surface area (Å²) in [6.07, 6.45) is 2.31. The molecule has 0 unspecified atom stereocenters. The highest BCUT2D eigenvalue weighted by Gasteiger charge is 2.09. The van der Waals surface area contributed by atoms with Crippen molar-refractivity contribution in [2.45, 2.75) is 26.3 Å². The van der Waals surface area contributed by atoms with Gasteiger partial charge in [-0.2, -0.15) is 0 Å². The third-order valence-corrected chi connectivity index (χ3v) is 4.30. The molecule has 2 aromatic rings. The van der Waals surface area contributed by atoms with Gasteiger partial charge in [0.15, 0.2) is 0 Å². The Balaban J connectivity index is 2.29. The van der Waals surface area contributed by atoms with Crippen molar-refractivity contribution in [3.63, 3.8) is 0 Å². The molecule has 17 heavy (non-hydrogen) atoms. The van der Waals surface area contributed by atoms with Crippen molar-refractivity contribution in [3.8, 4) is 11.3 Å². The molecule has 0 aliphatic heterocycles. The Morgan fingerprint density at radius 2 is 2.00 bits per heavy atom. The van der Waals surface area contributed by atoms with E-state index in [9.17, 15) is 0 Å². The van der Waals surface area contributed by atoms with Gasteiger partial charge in [-0.1, -0.05) is 37.6 Å². The molecule has 0 aliphatic rings. The van der Waals surface area contributed by atoms with Crippen LogP contribution in [0.4, 0.5) is 0 Å². The highest BCUT2D eigenvalue weighted by Crippen LogP contribution is 2.32. The molecule has 0 saturated carbocycles. The van der Waals surface area contributed by atoms with Gasteiger partial charge in [0, 0.05) is 12.1 Å². The van der Waals surface area contributed by atoms with Crippen molar-refractivity contribution < 1.29 is 0 Å². The van der Waals surface area contributed by atoms with E-state index in [0.29, 0.717) is 6.54 Å². The molecule has 0 fully saturated rings. The zero-order valence-corrected chi connectivity index (χ0v) is 12.1. The number of nitrogens with two attached hydrogens (primary N) is 1. The van der Waals surface area contributed by atoms with Gasteiger partial charge in [0.1, 0.15) is 5.01 Å². The Labute approximate surface area is 114 Å². The fraction of sp³-hybridized carbons (Fsp3) is 0.308. The Kier molecular flexibility index (Phi) is 4.31. The van der Waals surface area contributed by atoms with Crippen molar-refractivity contribution in [2.75, 3.05) is 0 Å². The minimum atomic E-state index is 0.497. The van der Waals surface area contributed by atoms with Crippen LogP contribution in [-0.2, 0) is 13.0 Å². The Morgan fingerprint density at radius 1 is 1.29 bits per heavy atom. The van der Waals surface area contributed by atoms with Gasteiger partial charge >= 0.3 is 0 Å². The molecule has 2 rings (SSSR count). The molecule has 90 valence electrons. The van der Waals surface area contributed by atoms with Crippen LogP contribution in [-0.4, -0.2) is 4.98 Å². The molecule has 1 heterocycles. The number of nitrogens with zero attached hydrogens (tertiary/aromatic N) is 1. The smallest absolute Gasteiger partial charge is 0.108 e. The maximum absolute atomic E-state index is 5.60. The first-order chi connectivity index (χ1) is 8.24. The molecule has 0 aliphatic carbocycles. The van der Waals surface area contributed by atoms with Gasteiger partial charge in [0.25, 0.3) is 0 Å². The molecule has 4 heteroatoms.